The lowest BCUT2D eigenvalue weighted by Crippen LogP contribution is -2.17. The van der Waals surface area contributed by atoms with Crippen molar-refractivity contribution in [3.8, 4) is 33.4 Å². The molecule has 1 aliphatic rings. The third kappa shape index (κ3) is 5.06. The quantitative estimate of drug-likeness (QED) is 0.163. The van der Waals surface area contributed by atoms with E-state index in [0.29, 0.717) is 0 Å². The minimum absolute atomic E-state index is 0.181. The number of hydrogen-bond donors (Lipinski definition) is 0. The predicted molar refractivity (Wildman–Crippen MR) is 259 cm³/mol. The number of nitrogens with zero attached hydrogens (tertiary/aromatic N) is 1. The van der Waals surface area contributed by atoms with Gasteiger partial charge in [0.05, 0.1) is 5.69 Å². The Morgan fingerprint density at radius 3 is 1.89 bits per heavy atom. The number of furan rings is 2. The maximum atomic E-state index is 6.69. The van der Waals surface area contributed by atoms with E-state index in [-0.39, 0.29) is 5.41 Å². The zero-order valence-electron chi connectivity index (χ0n) is 34.3. The van der Waals surface area contributed by atoms with Crippen LogP contribution in [0.3, 0.4) is 0 Å². The Hall–Kier alpha value is -7.88. The summed E-state index contributed by atoms with van der Waals surface area (Å²) in [6, 6.07) is 72.7. The molecule has 0 bridgehead atoms. The molecule has 0 atom stereocenters. The Balaban J connectivity index is 1.11. The molecule has 0 unspecified atom stereocenters. The molecule has 10 aromatic carbocycles. The maximum Gasteiger partial charge on any atom is 0.136 e. The number of rotatable bonds is 5. The van der Waals surface area contributed by atoms with E-state index in [1.165, 1.54) is 43.8 Å². The summed E-state index contributed by atoms with van der Waals surface area (Å²) in [4.78, 5) is 2.48. The molecule has 0 aliphatic heterocycles. The van der Waals surface area contributed by atoms with Gasteiger partial charge in [0.1, 0.15) is 22.3 Å². The monoisotopic (exact) mass is 793 g/mol. The van der Waals surface area contributed by atoms with Gasteiger partial charge < -0.3 is 13.7 Å². The summed E-state index contributed by atoms with van der Waals surface area (Å²) in [5, 5.41) is 9.31. The second-order valence-electron chi connectivity index (χ2n) is 17.2. The third-order valence-corrected chi connectivity index (χ3v) is 13.4. The summed E-state index contributed by atoms with van der Waals surface area (Å²) < 4.78 is 13.1. The van der Waals surface area contributed by atoms with Crippen molar-refractivity contribution in [1.29, 1.82) is 0 Å². The van der Waals surface area contributed by atoms with E-state index >= 15 is 0 Å². The van der Waals surface area contributed by atoms with E-state index in [9.17, 15) is 0 Å². The van der Waals surface area contributed by atoms with Crippen molar-refractivity contribution in [3.63, 3.8) is 0 Å². The highest BCUT2D eigenvalue weighted by atomic mass is 16.3. The molecule has 0 saturated heterocycles. The fourth-order valence-electron chi connectivity index (χ4n) is 10.5. The fraction of sp³-hybridized carbons (Fsp3) is 0.0508. The molecule has 292 valence electrons. The topological polar surface area (TPSA) is 29.5 Å². The van der Waals surface area contributed by atoms with Crippen LogP contribution in [0, 0.1) is 0 Å². The molecule has 2 heterocycles. The molecular weight excluding hydrogens is 755 g/mol. The number of anilines is 3. The molecule has 3 nitrogen and oxygen atoms in total. The third-order valence-electron chi connectivity index (χ3n) is 13.4. The van der Waals surface area contributed by atoms with Crippen LogP contribution < -0.4 is 4.90 Å². The molecule has 1 aliphatic carbocycles. The van der Waals surface area contributed by atoms with Crippen molar-refractivity contribution in [2.75, 3.05) is 4.90 Å². The van der Waals surface area contributed by atoms with Crippen LogP contribution in [0.25, 0.3) is 98.8 Å². The standard InChI is InChI=1S/C59H39NO2/c1-59(2)50-23-10-7-20-44(50)45-29-27-40(35-51(45)59)60(39-16-13-15-36(32-39)37-26-28-47-46-21-8-11-24-53(46)62-56(47)34-37)52-30-31-55-58(48-22-9-12-25-54(48)61-55)57(52)49-33-38-14-3-4-17-41(38)42-18-5-6-19-43(42)49/h3-35H,1-2H3. The van der Waals surface area contributed by atoms with Crippen LogP contribution in [-0.2, 0) is 5.41 Å². The summed E-state index contributed by atoms with van der Waals surface area (Å²) in [6.45, 7) is 4.72. The first-order valence-electron chi connectivity index (χ1n) is 21.4. The normalized spacial score (nSPS) is 13.1. The van der Waals surface area contributed by atoms with Gasteiger partial charge >= 0.3 is 0 Å². The van der Waals surface area contributed by atoms with E-state index in [1.807, 2.05) is 12.1 Å². The number of para-hydroxylation sites is 2. The van der Waals surface area contributed by atoms with E-state index < -0.39 is 0 Å². The molecule has 0 fully saturated rings. The van der Waals surface area contributed by atoms with Gasteiger partial charge in [-0.1, -0.05) is 147 Å². The lowest BCUT2D eigenvalue weighted by molar-refractivity contribution is 0.660. The summed E-state index contributed by atoms with van der Waals surface area (Å²) in [6.07, 6.45) is 0. The second kappa shape index (κ2) is 13.1. The number of hydrogen-bond acceptors (Lipinski definition) is 3. The minimum Gasteiger partial charge on any atom is -0.456 e. The molecule has 0 spiro atoms. The van der Waals surface area contributed by atoms with Crippen LogP contribution in [0.5, 0.6) is 0 Å². The Morgan fingerprint density at radius 1 is 0.371 bits per heavy atom. The van der Waals surface area contributed by atoms with Crippen LogP contribution in [0.15, 0.2) is 209 Å². The molecule has 0 saturated carbocycles. The van der Waals surface area contributed by atoms with Crippen LogP contribution >= 0.6 is 0 Å². The molecule has 12 aromatic rings. The summed E-state index contributed by atoms with van der Waals surface area (Å²) in [5.74, 6) is 0. The van der Waals surface area contributed by atoms with Crippen molar-refractivity contribution in [3.05, 3.63) is 211 Å². The lowest BCUT2D eigenvalue weighted by atomic mass is 9.82. The molecule has 3 heteroatoms. The summed E-state index contributed by atoms with van der Waals surface area (Å²) in [5.41, 5.74) is 16.3. The number of benzene rings is 10. The molecule has 13 rings (SSSR count). The predicted octanol–water partition coefficient (Wildman–Crippen LogP) is 16.9. The van der Waals surface area contributed by atoms with E-state index in [0.717, 1.165) is 83.2 Å². The first-order valence-corrected chi connectivity index (χ1v) is 21.4. The van der Waals surface area contributed by atoms with Crippen LogP contribution in [0.2, 0.25) is 0 Å². The first kappa shape index (κ1) is 34.9. The largest absolute Gasteiger partial charge is 0.456 e. The van der Waals surface area contributed by atoms with E-state index in [2.05, 4.69) is 207 Å². The highest BCUT2D eigenvalue weighted by molar-refractivity contribution is 6.22. The molecule has 0 radical (unpaired) electrons. The van der Waals surface area contributed by atoms with Crippen molar-refractivity contribution in [1.82, 2.24) is 0 Å². The lowest BCUT2D eigenvalue weighted by Gasteiger charge is -2.30. The highest BCUT2D eigenvalue weighted by Crippen LogP contribution is 2.53. The Morgan fingerprint density at radius 2 is 1.02 bits per heavy atom. The van der Waals surface area contributed by atoms with Crippen molar-refractivity contribution >= 4 is 82.5 Å². The van der Waals surface area contributed by atoms with Crippen LogP contribution in [-0.4, -0.2) is 0 Å². The summed E-state index contributed by atoms with van der Waals surface area (Å²) >= 11 is 0. The highest BCUT2D eigenvalue weighted by Gasteiger charge is 2.36. The summed E-state index contributed by atoms with van der Waals surface area (Å²) in [7, 11) is 0. The number of fused-ring (bicyclic) bond motifs is 12. The van der Waals surface area contributed by atoms with E-state index in [4.69, 9.17) is 8.83 Å². The average Bonchev–Trinajstić information content (AvgIpc) is 3.96. The van der Waals surface area contributed by atoms with Crippen LogP contribution in [0.4, 0.5) is 17.1 Å². The van der Waals surface area contributed by atoms with Gasteiger partial charge in [-0.25, -0.2) is 0 Å². The minimum atomic E-state index is -0.181. The van der Waals surface area contributed by atoms with Gasteiger partial charge in [-0.3, -0.25) is 0 Å². The van der Waals surface area contributed by atoms with Crippen molar-refractivity contribution < 1.29 is 8.83 Å². The average molecular weight is 794 g/mol. The van der Waals surface area contributed by atoms with Gasteiger partial charge in [0, 0.05) is 43.9 Å². The van der Waals surface area contributed by atoms with Gasteiger partial charge in [0.15, 0.2) is 0 Å². The van der Waals surface area contributed by atoms with Gasteiger partial charge in [-0.05, 0) is 127 Å². The van der Waals surface area contributed by atoms with E-state index in [1.54, 1.807) is 0 Å². The Labute approximate surface area is 358 Å². The Bertz CT molecular complexity index is 3810. The molecule has 0 N–H and O–H groups in total. The first-order chi connectivity index (χ1) is 30.5. The smallest absolute Gasteiger partial charge is 0.136 e. The molecule has 2 aromatic heterocycles. The fourth-order valence-corrected chi connectivity index (χ4v) is 10.5. The van der Waals surface area contributed by atoms with Crippen molar-refractivity contribution in [2.45, 2.75) is 19.3 Å². The molecule has 62 heavy (non-hydrogen) atoms. The zero-order valence-corrected chi connectivity index (χ0v) is 34.3. The van der Waals surface area contributed by atoms with Crippen LogP contribution in [0.1, 0.15) is 25.0 Å². The van der Waals surface area contributed by atoms with Gasteiger partial charge in [0.25, 0.3) is 0 Å². The Kier molecular flexibility index (Phi) is 7.36. The second-order valence-corrected chi connectivity index (χ2v) is 17.2. The zero-order chi connectivity index (χ0) is 41.1. The van der Waals surface area contributed by atoms with Gasteiger partial charge in [0.2, 0.25) is 0 Å². The maximum absolute atomic E-state index is 6.69. The van der Waals surface area contributed by atoms with Gasteiger partial charge in [-0.2, -0.15) is 0 Å². The SMILES string of the molecule is CC1(C)c2ccccc2-c2ccc(N(c3cccc(-c4ccc5c(c4)oc4ccccc45)c3)c3ccc4oc5ccccc5c4c3-c3cc4ccccc4c4ccccc34)cc21. The van der Waals surface area contributed by atoms with Gasteiger partial charge in [-0.15, -0.1) is 0 Å². The molecule has 0 amide bonds. The molecular formula is C59H39NO2. The van der Waals surface area contributed by atoms with Crippen molar-refractivity contribution in [2.24, 2.45) is 0 Å².